The fourth-order valence-electron chi connectivity index (χ4n) is 4.42. The molecule has 2 atom stereocenters. The Bertz CT molecular complexity index is 1880. The summed E-state index contributed by atoms with van der Waals surface area (Å²) < 4.78 is 74.5. The third-order valence-corrected chi connectivity index (χ3v) is 8.14. The molecule has 2 aromatic rings. The van der Waals surface area contributed by atoms with Crippen LogP contribution in [0.25, 0.3) is 0 Å². The van der Waals surface area contributed by atoms with Gasteiger partial charge < -0.3 is 51.9 Å². The van der Waals surface area contributed by atoms with Gasteiger partial charge in [0.15, 0.2) is 0 Å². The van der Waals surface area contributed by atoms with Crippen LogP contribution >= 0.6 is 0 Å². The predicted molar refractivity (Wildman–Crippen MR) is 203 cm³/mol. The smallest absolute Gasteiger partial charge is 0.471 e. The first-order valence-corrected chi connectivity index (χ1v) is 19.8. The number of nitrogens with one attached hydrogen (secondary N) is 7. The number of amides is 7. The number of hydrogen-bond donors (Lipinski definition) is 7. The highest BCUT2D eigenvalue weighted by Crippen LogP contribution is 2.20. The maximum Gasteiger partial charge on any atom is 0.471 e. The van der Waals surface area contributed by atoms with Crippen molar-refractivity contribution in [3.05, 3.63) is 65.2 Å². The van der Waals surface area contributed by atoms with Crippen molar-refractivity contribution >= 4 is 69.9 Å². The van der Waals surface area contributed by atoms with Crippen LogP contribution in [0, 0.1) is 0 Å². The van der Waals surface area contributed by atoms with E-state index in [1.807, 2.05) is 12.5 Å². The van der Waals surface area contributed by atoms with Crippen LogP contribution in [0.3, 0.4) is 0 Å². The van der Waals surface area contributed by atoms with Crippen molar-refractivity contribution < 1.29 is 79.3 Å². The van der Waals surface area contributed by atoms with E-state index in [-0.39, 0.29) is 41.7 Å². The van der Waals surface area contributed by atoms with Crippen LogP contribution < -0.4 is 42.3 Å². The van der Waals surface area contributed by atoms with E-state index in [9.17, 15) is 64.7 Å². The van der Waals surface area contributed by atoms with E-state index < -0.39 is 97.4 Å². The van der Waals surface area contributed by atoms with Crippen molar-refractivity contribution in [1.29, 1.82) is 0 Å². The lowest BCUT2D eigenvalue weighted by molar-refractivity contribution is -0.344. The average Bonchev–Trinajstić information content (AvgIpc) is 3.17. The Labute approximate surface area is 347 Å². The largest absolute Gasteiger partial charge is 0.542 e. The molecule has 0 aliphatic heterocycles. The highest BCUT2D eigenvalue weighted by atomic mass is 32.2. The zero-order chi connectivity index (χ0) is 46.5. The van der Waals surface area contributed by atoms with E-state index in [1.54, 1.807) is 48.6 Å². The van der Waals surface area contributed by atoms with Gasteiger partial charge in [-0.15, -0.1) is 0 Å². The summed E-state index contributed by atoms with van der Waals surface area (Å²) in [6.45, 7) is 0.875. The van der Waals surface area contributed by atoms with Gasteiger partial charge in [0.05, 0.1) is 38.8 Å². The molecule has 0 unspecified atom stereocenters. The van der Waals surface area contributed by atoms with Crippen molar-refractivity contribution in [2.75, 3.05) is 50.6 Å². The summed E-state index contributed by atoms with van der Waals surface area (Å²) in [6.07, 6.45) is -6.62. The molecule has 18 nitrogen and oxygen atoms in total. The first kappa shape index (κ1) is 52.6. The minimum absolute atomic E-state index is 0.0753. The molecular formula is C36H43F6N7O11S. The first-order valence-electron chi connectivity index (χ1n) is 17.6. The lowest BCUT2D eigenvalue weighted by Gasteiger charge is -2.22. The van der Waals surface area contributed by atoms with Gasteiger partial charge in [0.1, 0.15) is 30.4 Å². The number of carboxylic acids is 1. The highest BCUT2D eigenvalue weighted by Gasteiger charge is 2.40. The van der Waals surface area contributed by atoms with Gasteiger partial charge >= 0.3 is 24.2 Å². The van der Waals surface area contributed by atoms with Crippen LogP contribution in [-0.4, -0.2) is 123 Å². The highest BCUT2D eigenvalue weighted by molar-refractivity contribution is 7.94. The van der Waals surface area contributed by atoms with E-state index in [2.05, 4.69) is 36.6 Å². The second-order valence-electron chi connectivity index (χ2n) is 12.5. The van der Waals surface area contributed by atoms with Crippen LogP contribution in [0.1, 0.15) is 35.3 Å². The molecule has 2 rings (SSSR count). The molecule has 2 aromatic carbocycles. The van der Waals surface area contributed by atoms with Gasteiger partial charge in [-0.2, -0.15) is 26.3 Å². The molecular weight excluding hydrogens is 852 g/mol. The lowest BCUT2D eigenvalue weighted by Crippen LogP contribution is -2.54. The Kier molecular flexibility index (Phi) is 21.8. The maximum atomic E-state index is 13.5. The number of carboxylic acid groups (broad SMARTS) is 1. The van der Waals surface area contributed by atoms with Gasteiger partial charge in [-0.1, -0.05) is 36.4 Å². The summed E-state index contributed by atoms with van der Waals surface area (Å²) in [5.41, 5.74) is 1.42. The molecule has 0 bridgehead atoms. The minimum Gasteiger partial charge on any atom is -0.542 e. The zero-order valence-corrected chi connectivity index (χ0v) is 33.7. The van der Waals surface area contributed by atoms with Crippen LogP contribution in [0.2, 0.25) is 0 Å². The number of carbonyl (C=O) groups excluding carboxylic acids is 9. The number of hydrogen-bond acceptors (Lipinski definition) is 11. The summed E-state index contributed by atoms with van der Waals surface area (Å²) in [5.74, 6) is -10.1. The molecule has 0 saturated heterocycles. The van der Waals surface area contributed by atoms with Crippen molar-refractivity contribution in [2.24, 2.45) is 0 Å². The molecule has 0 fully saturated rings. The Morgan fingerprint density at radius 2 is 1.25 bits per heavy atom. The van der Waals surface area contributed by atoms with E-state index in [4.69, 9.17) is 9.90 Å². The van der Waals surface area contributed by atoms with Crippen LogP contribution in [-0.2, 0) is 66.2 Å². The molecule has 0 aromatic heterocycles. The Morgan fingerprint density at radius 3 is 1.74 bits per heavy atom. The fourth-order valence-corrected chi connectivity index (χ4v) is 5.29. The molecule has 0 saturated carbocycles. The second kappa shape index (κ2) is 25.3. The van der Waals surface area contributed by atoms with Crippen molar-refractivity contribution in [3.63, 3.8) is 0 Å². The van der Waals surface area contributed by atoms with Crippen LogP contribution in [0.5, 0.6) is 0 Å². The average molecular weight is 896 g/mol. The summed E-state index contributed by atoms with van der Waals surface area (Å²) in [6, 6.07) is 9.96. The molecule has 61 heavy (non-hydrogen) atoms. The summed E-state index contributed by atoms with van der Waals surface area (Å²) in [4.78, 5) is 107. The molecule has 7 N–H and O–H groups in total. The monoisotopic (exact) mass is 895 g/mol. The summed E-state index contributed by atoms with van der Waals surface area (Å²) >= 11 is 0. The topological polar surface area (TPSA) is 270 Å². The normalized spacial score (nSPS) is 11.9. The van der Waals surface area contributed by atoms with E-state index >= 15 is 0 Å². The number of anilines is 1. The number of aliphatic carboxylic acids is 1. The molecule has 0 radical (unpaired) electrons. The molecule has 336 valence electrons. The van der Waals surface area contributed by atoms with Gasteiger partial charge in [0.25, 0.3) is 5.91 Å². The Balaban J connectivity index is 0.00000243. The number of halogens is 6. The quantitative estimate of drug-likeness (QED) is 0.0497. The van der Waals surface area contributed by atoms with E-state index in [1.165, 1.54) is 12.1 Å². The molecule has 7 amide bonds. The third-order valence-electron chi connectivity index (χ3n) is 7.25. The number of rotatable bonds is 19. The number of alkyl halides is 6. The van der Waals surface area contributed by atoms with Gasteiger partial charge in [0.2, 0.25) is 29.5 Å². The zero-order valence-electron chi connectivity index (χ0n) is 32.9. The number of carbonyl (C=O) groups is 9. The summed E-state index contributed by atoms with van der Waals surface area (Å²) in [7, 11) is -0.184. The summed E-state index contributed by atoms with van der Waals surface area (Å²) in [5, 5.41) is 24.6. The molecule has 0 aliphatic rings. The number of esters is 1. The fraction of sp³-hybridized carbons (Fsp3) is 0.417. The second-order valence-corrected chi connectivity index (χ2v) is 14.8. The van der Waals surface area contributed by atoms with E-state index in [0.717, 1.165) is 6.92 Å². The molecule has 0 heterocycles. The SMILES string of the molecule is CCOC(=O)CNC(=O)CNC(=O)CNC(=O)CNC(=O)c1cc(NC(=O)[C@H](Cc2ccccc2)NC(=O)[C@H](C)NC(=O)C(F)(F)F)ccc1C[S+](C)C.O=C([O-])C(F)(F)F. The van der Waals surface area contributed by atoms with Crippen molar-refractivity contribution in [2.45, 2.75) is 50.5 Å². The van der Waals surface area contributed by atoms with Crippen molar-refractivity contribution in [1.82, 2.24) is 31.9 Å². The predicted octanol–water partition coefficient (Wildman–Crippen LogP) is -1.26. The number of ether oxygens (including phenoxy) is 1. The van der Waals surface area contributed by atoms with Gasteiger partial charge in [-0.25, -0.2) is 0 Å². The Hall–Kier alpha value is -6.40. The number of benzene rings is 2. The standard InChI is InChI=1S/C34H42F3N7O9S.C2HF3O2/c1-5-53-29(48)18-40-27(46)16-38-26(45)15-39-28(47)17-41-31(50)24-14-23(12-11-22(24)19-54(3)4)43-32(51)25(13-21-9-7-6-8-10-21)44-30(49)20(2)42-33(52)34(35,36)37;3-2(4,5)1(6)7/h6-12,14,20,25H,5,13,15-19H2,1-4H3,(H6-,38,39,40,41,42,43,44,45,46,47,49,50,51,52);(H,6,7)/t20-,25-;/m0./s1. The Morgan fingerprint density at radius 1 is 0.721 bits per heavy atom. The van der Waals surface area contributed by atoms with Crippen LogP contribution in [0.4, 0.5) is 32.0 Å². The van der Waals surface area contributed by atoms with Gasteiger partial charge in [-0.05, 0) is 42.4 Å². The van der Waals surface area contributed by atoms with E-state index in [0.29, 0.717) is 16.9 Å². The lowest BCUT2D eigenvalue weighted by atomic mass is 10.0. The minimum atomic E-state index is -5.22. The first-order chi connectivity index (χ1) is 28.3. The maximum absolute atomic E-state index is 13.5. The molecule has 0 aliphatic carbocycles. The van der Waals surface area contributed by atoms with Gasteiger partial charge in [0, 0.05) is 23.2 Å². The third kappa shape index (κ3) is 21.4. The van der Waals surface area contributed by atoms with Gasteiger partial charge in [-0.3, -0.25) is 38.4 Å². The van der Waals surface area contributed by atoms with Crippen molar-refractivity contribution in [3.8, 4) is 0 Å². The molecule has 25 heteroatoms. The van der Waals surface area contributed by atoms with Crippen LogP contribution in [0.15, 0.2) is 48.5 Å². The molecule has 0 spiro atoms.